The fourth-order valence-electron chi connectivity index (χ4n) is 2.27. The van der Waals surface area contributed by atoms with Gasteiger partial charge in [-0.1, -0.05) is 18.2 Å². The molecule has 5 heteroatoms. The smallest absolute Gasteiger partial charge is 0.336 e. The van der Waals surface area contributed by atoms with Gasteiger partial charge in [-0.3, -0.25) is 9.78 Å². The van der Waals surface area contributed by atoms with Crippen LogP contribution in [0.15, 0.2) is 60.8 Å². The highest BCUT2D eigenvalue weighted by molar-refractivity contribution is 6.13. The van der Waals surface area contributed by atoms with Crippen molar-refractivity contribution in [3.05, 3.63) is 71.9 Å². The average Bonchev–Trinajstić information content (AvgIpc) is 2.55. The van der Waals surface area contributed by atoms with Crippen molar-refractivity contribution >= 4 is 28.5 Å². The van der Waals surface area contributed by atoms with E-state index in [0.717, 1.165) is 10.9 Å². The van der Waals surface area contributed by atoms with E-state index in [0.29, 0.717) is 5.69 Å². The first kappa shape index (κ1) is 13.8. The molecule has 0 bridgehead atoms. The van der Waals surface area contributed by atoms with Crippen LogP contribution in [0.1, 0.15) is 20.7 Å². The number of carbonyl (C=O) groups is 2. The van der Waals surface area contributed by atoms with Gasteiger partial charge in [0.1, 0.15) is 0 Å². The molecule has 0 spiro atoms. The molecule has 22 heavy (non-hydrogen) atoms. The SMILES string of the molecule is O=C(O)c1ccccc1C(=O)Nc1cccc2ncccc12. The summed E-state index contributed by atoms with van der Waals surface area (Å²) in [5, 5.41) is 12.7. The first-order chi connectivity index (χ1) is 10.7. The van der Waals surface area contributed by atoms with Gasteiger partial charge in [0, 0.05) is 11.6 Å². The molecule has 0 aliphatic heterocycles. The number of nitrogens with one attached hydrogen (secondary N) is 1. The number of carboxylic acid groups (broad SMARTS) is 1. The minimum atomic E-state index is -1.13. The number of anilines is 1. The molecule has 0 saturated heterocycles. The quantitative estimate of drug-likeness (QED) is 0.777. The van der Waals surface area contributed by atoms with E-state index in [1.165, 1.54) is 12.1 Å². The van der Waals surface area contributed by atoms with Gasteiger partial charge in [0.25, 0.3) is 5.91 Å². The standard InChI is InChI=1S/C17H12N2O3/c20-16(11-5-1-2-6-12(11)17(21)22)19-15-9-3-8-14-13(15)7-4-10-18-14/h1-10H,(H,19,20)(H,21,22). The Labute approximate surface area is 126 Å². The van der Waals surface area contributed by atoms with E-state index in [-0.39, 0.29) is 11.1 Å². The highest BCUT2D eigenvalue weighted by Gasteiger charge is 2.16. The molecule has 3 aromatic rings. The monoisotopic (exact) mass is 292 g/mol. The number of pyridine rings is 1. The van der Waals surface area contributed by atoms with Crippen molar-refractivity contribution in [2.75, 3.05) is 5.32 Å². The summed E-state index contributed by atoms with van der Waals surface area (Å²) in [5.41, 5.74) is 1.44. The number of amides is 1. The van der Waals surface area contributed by atoms with E-state index in [4.69, 9.17) is 5.11 Å². The number of nitrogens with zero attached hydrogens (tertiary/aromatic N) is 1. The van der Waals surface area contributed by atoms with Gasteiger partial charge in [0.2, 0.25) is 0 Å². The van der Waals surface area contributed by atoms with Gasteiger partial charge < -0.3 is 10.4 Å². The van der Waals surface area contributed by atoms with Crippen LogP contribution in [0, 0.1) is 0 Å². The minimum Gasteiger partial charge on any atom is -0.478 e. The number of hydrogen-bond acceptors (Lipinski definition) is 3. The lowest BCUT2D eigenvalue weighted by atomic mass is 10.1. The second kappa shape index (κ2) is 5.65. The fourth-order valence-corrected chi connectivity index (χ4v) is 2.27. The summed E-state index contributed by atoms with van der Waals surface area (Å²) in [5.74, 6) is -1.60. The predicted molar refractivity (Wildman–Crippen MR) is 83.1 cm³/mol. The van der Waals surface area contributed by atoms with Crippen LogP contribution in [0.5, 0.6) is 0 Å². The maximum atomic E-state index is 12.4. The third kappa shape index (κ3) is 2.52. The van der Waals surface area contributed by atoms with Crippen LogP contribution >= 0.6 is 0 Å². The molecule has 0 aliphatic carbocycles. The normalized spacial score (nSPS) is 10.4. The van der Waals surface area contributed by atoms with Gasteiger partial charge >= 0.3 is 5.97 Å². The molecule has 0 fully saturated rings. The molecule has 1 amide bonds. The number of hydrogen-bond donors (Lipinski definition) is 2. The first-order valence-electron chi connectivity index (χ1n) is 6.64. The number of carbonyl (C=O) groups excluding carboxylic acids is 1. The largest absolute Gasteiger partial charge is 0.478 e. The summed E-state index contributed by atoms with van der Waals surface area (Å²) in [6.45, 7) is 0. The van der Waals surface area contributed by atoms with Crippen molar-refractivity contribution < 1.29 is 14.7 Å². The van der Waals surface area contributed by atoms with Crippen LogP contribution < -0.4 is 5.32 Å². The Balaban J connectivity index is 1.99. The summed E-state index contributed by atoms with van der Waals surface area (Å²) in [6, 6.07) is 15.1. The van der Waals surface area contributed by atoms with Crippen molar-refractivity contribution in [3.8, 4) is 0 Å². The molecular weight excluding hydrogens is 280 g/mol. The summed E-state index contributed by atoms with van der Waals surface area (Å²) in [7, 11) is 0. The number of aromatic nitrogens is 1. The van der Waals surface area contributed by atoms with Gasteiger partial charge in [-0.2, -0.15) is 0 Å². The van der Waals surface area contributed by atoms with E-state index < -0.39 is 11.9 Å². The minimum absolute atomic E-state index is 0.0293. The number of carboxylic acids is 1. The van der Waals surface area contributed by atoms with Crippen molar-refractivity contribution in [1.29, 1.82) is 0 Å². The van der Waals surface area contributed by atoms with Gasteiger partial charge in [0.15, 0.2) is 0 Å². The van der Waals surface area contributed by atoms with E-state index in [1.807, 2.05) is 12.1 Å². The lowest BCUT2D eigenvalue weighted by molar-refractivity contribution is 0.0692. The lowest BCUT2D eigenvalue weighted by Crippen LogP contribution is -2.16. The van der Waals surface area contributed by atoms with Crippen LogP contribution in [-0.2, 0) is 0 Å². The summed E-state index contributed by atoms with van der Waals surface area (Å²) >= 11 is 0. The molecule has 0 unspecified atom stereocenters. The highest BCUT2D eigenvalue weighted by Crippen LogP contribution is 2.22. The molecule has 1 heterocycles. The van der Waals surface area contributed by atoms with Crippen LogP contribution in [-0.4, -0.2) is 22.0 Å². The summed E-state index contributed by atoms with van der Waals surface area (Å²) in [4.78, 5) is 27.8. The van der Waals surface area contributed by atoms with Gasteiger partial charge in [-0.15, -0.1) is 0 Å². The average molecular weight is 292 g/mol. The molecule has 5 nitrogen and oxygen atoms in total. The molecule has 108 valence electrons. The molecule has 3 rings (SSSR count). The van der Waals surface area contributed by atoms with Crippen molar-refractivity contribution in [2.24, 2.45) is 0 Å². The Kier molecular flexibility index (Phi) is 3.53. The van der Waals surface area contributed by atoms with E-state index in [2.05, 4.69) is 10.3 Å². The molecule has 0 aliphatic rings. The molecule has 0 radical (unpaired) electrons. The number of rotatable bonds is 3. The zero-order valence-corrected chi connectivity index (χ0v) is 11.5. The maximum absolute atomic E-state index is 12.4. The maximum Gasteiger partial charge on any atom is 0.336 e. The van der Waals surface area contributed by atoms with E-state index >= 15 is 0 Å². The molecule has 2 aromatic carbocycles. The molecule has 2 N–H and O–H groups in total. The Morgan fingerprint density at radius 1 is 0.909 bits per heavy atom. The van der Waals surface area contributed by atoms with Crippen LogP contribution in [0.25, 0.3) is 10.9 Å². The first-order valence-corrected chi connectivity index (χ1v) is 6.64. The zero-order chi connectivity index (χ0) is 15.5. The molecule has 0 saturated carbocycles. The third-order valence-electron chi connectivity index (χ3n) is 3.30. The second-order valence-corrected chi connectivity index (χ2v) is 4.68. The topological polar surface area (TPSA) is 79.3 Å². The molecule has 0 atom stereocenters. The molecular formula is C17H12N2O3. The summed E-state index contributed by atoms with van der Waals surface area (Å²) in [6.07, 6.45) is 1.67. The second-order valence-electron chi connectivity index (χ2n) is 4.68. The Morgan fingerprint density at radius 3 is 2.45 bits per heavy atom. The third-order valence-corrected chi connectivity index (χ3v) is 3.30. The van der Waals surface area contributed by atoms with Gasteiger partial charge in [0.05, 0.1) is 22.3 Å². The Bertz CT molecular complexity index is 869. The molecule has 1 aromatic heterocycles. The predicted octanol–water partition coefficient (Wildman–Crippen LogP) is 3.19. The lowest BCUT2D eigenvalue weighted by Gasteiger charge is -2.09. The van der Waals surface area contributed by atoms with Crippen molar-refractivity contribution in [2.45, 2.75) is 0 Å². The highest BCUT2D eigenvalue weighted by atomic mass is 16.4. The Hall–Kier alpha value is -3.21. The zero-order valence-electron chi connectivity index (χ0n) is 11.5. The number of aromatic carboxylic acids is 1. The van der Waals surface area contributed by atoms with E-state index in [9.17, 15) is 9.59 Å². The van der Waals surface area contributed by atoms with Gasteiger partial charge in [-0.05, 0) is 36.4 Å². The van der Waals surface area contributed by atoms with Crippen LogP contribution in [0.3, 0.4) is 0 Å². The van der Waals surface area contributed by atoms with Gasteiger partial charge in [-0.25, -0.2) is 4.79 Å². The summed E-state index contributed by atoms with van der Waals surface area (Å²) < 4.78 is 0. The fraction of sp³-hybridized carbons (Fsp3) is 0. The van der Waals surface area contributed by atoms with Crippen molar-refractivity contribution in [1.82, 2.24) is 4.98 Å². The van der Waals surface area contributed by atoms with Crippen LogP contribution in [0.4, 0.5) is 5.69 Å². The Morgan fingerprint density at radius 2 is 1.68 bits per heavy atom. The van der Waals surface area contributed by atoms with E-state index in [1.54, 1.807) is 36.5 Å². The van der Waals surface area contributed by atoms with Crippen LogP contribution in [0.2, 0.25) is 0 Å². The number of benzene rings is 2. The van der Waals surface area contributed by atoms with Crippen molar-refractivity contribution in [3.63, 3.8) is 0 Å². The number of fused-ring (bicyclic) bond motifs is 1.